The van der Waals surface area contributed by atoms with Crippen molar-refractivity contribution in [3.63, 3.8) is 0 Å². The maximum absolute atomic E-state index is 11.6. The summed E-state index contributed by atoms with van der Waals surface area (Å²) in [5.74, 6) is 0.836. The summed E-state index contributed by atoms with van der Waals surface area (Å²) in [6, 6.07) is 3.61. The fraction of sp³-hybridized carbons (Fsp3) is 0.167. The first-order valence-corrected chi connectivity index (χ1v) is 6.87. The van der Waals surface area contributed by atoms with Gasteiger partial charge in [-0.15, -0.1) is 0 Å². The Morgan fingerprint density at radius 1 is 1.37 bits per heavy atom. The Hall–Kier alpha value is -1.47. The Labute approximate surface area is 123 Å². The molecule has 2 N–H and O–H groups in total. The summed E-state index contributed by atoms with van der Waals surface area (Å²) in [5, 5.41) is 9.96. The highest BCUT2D eigenvalue weighted by Crippen LogP contribution is 2.37. The number of carbonyl (C=O) groups excluding carboxylic acids is 1. The number of halogens is 1. The average molecular weight is 343 g/mol. The van der Waals surface area contributed by atoms with Crippen molar-refractivity contribution < 1.29 is 14.3 Å². The maximum Gasteiger partial charge on any atom is 0.264 e. The average Bonchev–Trinajstić information content (AvgIpc) is 2.67. The lowest BCUT2D eigenvalue weighted by atomic mass is 10.1. The SMILES string of the molecule is COc1cc(Br)cc(C=C2SC(=N)NC2=O)c1OC. The molecule has 0 bridgehead atoms. The van der Waals surface area contributed by atoms with E-state index in [-0.39, 0.29) is 11.1 Å². The van der Waals surface area contributed by atoms with E-state index in [1.807, 2.05) is 6.07 Å². The van der Waals surface area contributed by atoms with Gasteiger partial charge in [-0.25, -0.2) is 0 Å². The second-order valence-electron chi connectivity index (χ2n) is 3.62. The predicted molar refractivity (Wildman–Crippen MR) is 78.7 cm³/mol. The molecule has 1 heterocycles. The Bertz CT molecular complexity index is 587. The summed E-state index contributed by atoms with van der Waals surface area (Å²) >= 11 is 4.46. The van der Waals surface area contributed by atoms with Gasteiger partial charge in [0.1, 0.15) is 0 Å². The van der Waals surface area contributed by atoms with Crippen LogP contribution in [0.3, 0.4) is 0 Å². The van der Waals surface area contributed by atoms with Crippen molar-refractivity contribution in [2.75, 3.05) is 14.2 Å². The standard InChI is InChI=1S/C12H11BrN2O3S/c1-17-8-5-7(13)3-6(10(8)18-2)4-9-11(16)15-12(14)19-9/h3-5H,1-2H3,(H2,14,15,16). The summed E-state index contributed by atoms with van der Waals surface area (Å²) in [4.78, 5) is 12.1. The summed E-state index contributed by atoms with van der Waals surface area (Å²) in [6.07, 6.45) is 1.67. The van der Waals surface area contributed by atoms with Crippen LogP contribution in [0.5, 0.6) is 11.5 Å². The van der Waals surface area contributed by atoms with Crippen LogP contribution in [0.4, 0.5) is 0 Å². The molecule has 0 saturated carbocycles. The summed E-state index contributed by atoms with van der Waals surface area (Å²) < 4.78 is 11.4. The second-order valence-corrected chi connectivity index (χ2v) is 5.59. The third kappa shape index (κ3) is 2.93. The van der Waals surface area contributed by atoms with Crippen LogP contribution in [0, 0.1) is 5.41 Å². The number of hydrogen-bond donors (Lipinski definition) is 2. The van der Waals surface area contributed by atoms with Crippen molar-refractivity contribution in [2.24, 2.45) is 0 Å². The first-order valence-electron chi connectivity index (χ1n) is 5.26. The molecule has 0 unspecified atom stereocenters. The number of amidine groups is 1. The van der Waals surface area contributed by atoms with Gasteiger partial charge < -0.3 is 14.8 Å². The van der Waals surface area contributed by atoms with Gasteiger partial charge in [0.25, 0.3) is 5.91 Å². The van der Waals surface area contributed by atoms with Crippen LogP contribution in [0.15, 0.2) is 21.5 Å². The van der Waals surface area contributed by atoms with E-state index in [2.05, 4.69) is 21.2 Å². The number of benzene rings is 1. The summed E-state index contributed by atoms with van der Waals surface area (Å²) in [5.41, 5.74) is 0.709. The smallest absolute Gasteiger partial charge is 0.264 e. The maximum atomic E-state index is 11.6. The highest BCUT2D eigenvalue weighted by Gasteiger charge is 2.23. The lowest BCUT2D eigenvalue weighted by Crippen LogP contribution is -2.18. The Morgan fingerprint density at radius 2 is 2.11 bits per heavy atom. The third-order valence-electron chi connectivity index (χ3n) is 2.42. The van der Waals surface area contributed by atoms with Crippen molar-refractivity contribution >= 4 is 44.8 Å². The van der Waals surface area contributed by atoms with E-state index in [1.165, 1.54) is 7.11 Å². The number of hydrogen-bond acceptors (Lipinski definition) is 5. The Kier molecular flexibility index (Phi) is 4.16. The number of amides is 1. The molecule has 0 aliphatic carbocycles. The van der Waals surface area contributed by atoms with Crippen LogP contribution in [-0.4, -0.2) is 25.3 Å². The van der Waals surface area contributed by atoms with Crippen molar-refractivity contribution in [3.8, 4) is 11.5 Å². The lowest BCUT2D eigenvalue weighted by Gasteiger charge is -2.11. The number of nitrogens with one attached hydrogen (secondary N) is 2. The molecule has 1 fully saturated rings. The van der Waals surface area contributed by atoms with E-state index in [9.17, 15) is 4.79 Å². The number of rotatable bonds is 3. The number of carbonyl (C=O) groups is 1. The minimum absolute atomic E-state index is 0.122. The molecule has 5 nitrogen and oxygen atoms in total. The van der Waals surface area contributed by atoms with Crippen LogP contribution in [-0.2, 0) is 4.79 Å². The predicted octanol–water partition coefficient (Wildman–Crippen LogP) is 2.60. The minimum Gasteiger partial charge on any atom is -0.493 e. The summed E-state index contributed by atoms with van der Waals surface area (Å²) in [6.45, 7) is 0. The van der Waals surface area contributed by atoms with Crippen molar-refractivity contribution in [1.29, 1.82) is 5.41 Å². The fourth-order valence-corrected chi connectivity index (χ4v) is 2.80. The molecule has 7 heteroatoms. The first-order chi connectivity index (χ1) is 9.05. The number of thioether (sulfide) groups is 1. The fourth-order valence-electron chi connectivity index (χ4n) is 1.65. The van der Waals surface area contributed by atoms with Gasteiger partial charge in [0.15, 0.2) is 16.7 Å². The van der Waals surface area contributed by atoms with Crippen molar-refractivity contribution in [2.45, 2.75) is 0 Å². The van der Waals surface area contributed by atoms with Crippen LogP contribution in [0.1, 0.15) is 5.56 Å². The molecule has 1 aromatic rings. The van der Waals surface area contributed by atoms with Gasteiger partial charge in [0, 0.05) is 10.0 Å². The quantitative estimate of drug-likeness (QED) is 0.828. The molecule has 1 aromatic carbocycles. The van der Waals surface area contributed by atoms with Crippen LogP contribution in [0.2, 0.25) is 0 Å². The van der Waals surface area contributed by atoms with E-state index in [0.29, 0.717) is 22.0 Å². The Balaban J connectivity index is 2.50. The molecule has 0 spiro atoms. The van der Waals surface area contributed by atoms with Crippen LogP contribution < -0.4 is 14.8 Å². The van der Waals surface area contributed by atoms with Gasteiger partial charge in [0.05, 0.1) is 19.1 Å². The molecule has 0 atom stereocenters. The van der Waals surface area contributed by atoms with E-state index in [4.69, 9.17) is 14.9 Å². The molecule has 19 heavy (non-hydrogen) atoms. The van der Waals surface area contributed by atoms with E-state index >= 15 is 0 Å². The van der Waals surface area contributed by atoms with Gasteiger partial charge in [-0.1, -0.05) is 15.9 Å². The van der Waals surface area contributed by atoms with Crippen LogP contribution >= 0.6 is 27.7 Å². The van der Waals surface area contributed by atoms with Crippen molar-refractivity contribution in [1.82, 2.24) is 5.32 Å². The normalized spacial score (nSPS) is 16.7. The molecule has 1 amide bonds. The molecule has 1 aliphatic rings. The van der Waals surface area contributed by atoms with E-state index in [0.717, 1.165) is 16.2 Å². The first kappa shape index (κ1) is 14.0. The largest absolute Gasteiger partial charge is 0.493 e. The third-order valence-corrected chi connectivity index (χ3v) is 3.71. The number of methoxy groups -OCH3 is 2. The zero-order valence-electron chi connectivity index (χ0n) is 10.2. The van der Waals surface area contributed by atoms with E-state index < -0.39 is 0 Å². The number of ether oxygens (including phenoxy) is 2. The van der Waals surface area contributed by atoms with Gasteiger partial charge in [-0.3, -0.25) is 10.2 Å². The second kappa shape index (κ2) is 5.66. The molecule has 100 valence electrons. The highest BCUT2D eigenvalue weighted by atomic mass is 79.9. The molecular weight excluding hydrogens is 332 g/mol. The molecule has 2 rings (SSSR count). The van der Waals surface area contributed by atoms with Gasteiger partial charge in [-0.2, -0.15) is 0 Å². The van der Waals surface area contributed by atoms with Crippen LogP contribution in [0.25, 0.3) is 6.08 Å². The zero-order valence-corrected chi connectivity index (χ0v) is 12.6. The lowest BCUT2D eigenvalue weighted by molar-refractivity contribution is -0.115. The molecule has 1 saturated heterocycles. The van der Waals surface area contributed by atoms with Gasteiger partial charge >= 0.3 is 0 Å². The molecule has 0 radical (unpaired) electrons. The van der Waals surface area contributed by atoms with Gasteiger partial charge in [0.2, 0.25) is 0 Å². The Morgan fingerprint density at radius 3 is 2.63 bits per heavy atom. The molecule has 1 aliphatic heterocycles. The highest BCUT2D eigenvalue weighted by molar-refractivity contribution is 9.10. The molecular formula is C12H11BrN2O3S. The monoisotopic (exact) mass is 342 g/mol. The van der Waals surface area contributed by atoms with Gasteiger partial charge in [-0.05, 0) is 30.0 Å². The summed E-state index contributed by atoms with van der Waals surface area (Å²) in [7, 11) is 3.09. The molecule has 0 aromatic heterocycles. The minimum atomic E-state index is -0.281. The van der Waals surface area contributed by atoms with Crippen molar-refractivity contribution in [3.05, 3.63) is 27.1 Å². The topological polar surface area (TPSA) is 71.4 Å². The van der Waals surface area contributed by atoms with E-state index in [1.54, 1.807) is 19.3 Å². The zero-order chi connectivity index (χ0) is 14.0.